The Morgan fingerprint density at radius 1 is 1.47 bits per heavy atom. The molecule has 1 unspecified atom stereocenters. The number of carbonyl (C=O) groups is 1. The van der Waals surface area contributed by atoms with Gasteiger partial charge in [-0.25, -0.2) is 0 Å². The van der Waals surface area contributed by atoms with Gasteiger partial charge in [-0.2, -0.15) is 0 Å². The molecule has 0 aromatic heterocycles. The van der Waals surface area contributed by atoms with Crippen LogP contribution in [-0.2, 0) is 4.79 Å². The molecule has 4 heteroatoms. The highest BCUT2D eigenvalue weighted by Crippen LogP contribution is 2.33. The maximum atomic E-state index is 12.0. The molecule has 1 saturated heterocycles. The lowest BCUT2D eigenvalue weighted by Crippen LogP contribution is -2.46. The minimum atomic E-state index is -0.507. The molecule has 0 bridgehead atoms. The van der Waals surface area contributed by atoms with Crippen molar-refractivity contribution in [1.29, 1.82) is 0 Å². The third kappa shape index (κ3) is 2.99. The SMILES string of the molecule is CN(CCC1CCCCN1C)C(=O)C1(N)CC1. The number of likely N-dealkylation sites (tertiary alicyclic amines) is 1. The van der Waals surface area contributed by atoms with E-state index in [0.29, 0.717) is 6.04 Å². The van der Waals surface area contributed by atoms with Gasteiger partial charge in [-0.1, -0.05) is 6.42 Å². The van der Waals surface area contributed by atoms with E-state index in [4.69, 9.17) is 5.73 Å². The molecule has 0 radical (unpaired) electrons. The number of amides is 1. The molecule has 0 aromatic carbocycles. The summed E-state index contributed by atoms with van der Waals surface area (Å²) in [5.41, 5.74) is 5.42. The fraction of sp³-hybridized carbons (Fsp3) is 0.923. The minimum absolute atomic E-state index is 0.135. The number of hydrogen-bond acceptors (Lipinski definition) is 3. The summed E-state index contributed by atoms with van der Waals surface area (Å²) in [5, 5.41) is 0. The first-order valence-electron chi connectivity index (χ1n) is 6.78. The molecule has 2 N–H and O–H groups in total. The maximum Gasteiger partial charge on any atom is 0.242 e. The molecule has 1 aliphatic heterocycles. The van der Waals surface area contributed by atoms with E-state index in [-0.39, 0.29) is 5.91 Å². The standard InChI is InChI=1S/C13H25N3O/c1-15-9-4-3-5-11(15)6-10-16(2)12(17)13(14)7-8-13/h11H,3-10,14H2,1-2H3. The highest BCUT2D eigenvalue weighted by atomic mass is 16.2. The number of likely N-dealkylation sites (N-methyl/N-ethyl adjacent to an activating group) is 1. The van der Waals surface area contributed by atoms with Crippen molar-refractivity contribution in [3.63, 3.8) is 0 Å². The number of piperidine rings is 1. The van der Waals surface area contributed by atoms with E-state index in [2.05, 4.69) is 11.9 Å². The monoisotopic (exact) mass is 239 g/mol. The Labute approximate surface area is 104 Å². The largest absolute Gasteiger partial charge is 0.344 e. The zero-order valence-corrected chi connectivity index (χ0v) is 11.1. The summed E-state index contributed by atoms with van der Waals surface area (Å²) in [4.78, 5) is 16.2. The highest BCUT2D eigenvalue weighted by Gasteiger charge is 2.47. The fourth-order valence-electron chi connectivity index (χ4n) is 2.68. The summed E-state index contributed by atoms with van der Waals surface area (Å²) in [6.45, 7) is 2.04. The molecule has 1 aliphatic carbocycles. The van der Waals surface area contributed by atoms with Crippen LogP contribution in [0, 0.1) is 0 Å². The summed E-state index contributed by atoms with van der Waals surface area (Å²) in [7, 11) is 4.08. The van der Waals surface area contributed by atoms with Crippen molar-refractivity contribution >= 4 is 5.91 Å². The van der Waals surface area contributed by atoms with E-state index in [0.717, 1.165) is 25.8 Å². The van der Waals surface area contributed by atoms with Crippen molar-refractivity contribution in [2.75, 3.05) is 27.2 Å². The lowest BCUT2D eigenvalue weighted by atomic mass is 10.00. The molecule has 98 valence electrons. The summed E-state index contributed by atoms with van der Waals surface area (Å²) < 4.78 is 0. The van der Waals surface area contributed by atoms with Gasteiger partial charge in [-0.05, 0) is 45.7 Å². The maximum absolute atomic E-state index is 12.0. The lowest BCUT2D eigenvalue weighted by molar-refractivity contribution is -0.132. The number of hydrogen-bond donors (Lipinski definition) is 1. The Hall–Kier alpha value is -0.610. The summed E-state index contributed by atoms with van der Waals surface area (Å²) >= 11 is 0. The van der Waals surface area contributed by atoms with E-state index >= 15 is 0 Å². The van der Waals surface area contributed by atoms with E-state index in [1.165, 1.54) is 25.8 Å². The Kier molecular flexibility index (Phi) is 3.73. The molecule has 1 atom stereocenters. The second-order valence-electron chi connectivity index (χ2n) is 5.80. The van der Waals surface area contributed by atoms with Gasteiger partial charge in [0.25, 0.3) is 0 Å². The van der Waals surface area contributed by atoms with Gasteiger partial charge < -0.3 is 15.5 Å². The molecule has 2 aliphatic rings. The first kappa shape index (κ1) is 12.8. The molecule has 1 saturated carbocycles. The average Bonchev–Trinajstić information content (AvgIpc) is 3.06. The van der Waals surface area contributed by atoms with Crippen LogP contribution in [-0.4, -0.2) is 54.5 Å². The number of rotatable bonds is 4. The number of nitrogens with zero attached hydrogens (tertiary/aromatic N) is 2. The van der Waals surface area contributed by atoms with Crippen molar-refractivity contribution < 1.29 is 4.79 Å². The van der Waals surface area contributed by atoms with Gasteiger partial charge in [0.15, 0.2) is 0 Å². The Bertz CT molecular complexity index is 288. The summed E-state index contributed by atoms with van der Waals surface area (Å²) in [5.74, 6) is 0.135. The third-order valence-corrected chi connectivity index (χ3v) is 4.28. The molecular formula is C13H25N3O. The Morgan fingerprint density at radius 2 is 2.18 bits per heavy atom. The van der Waals surface area contributed by atoms with Crippen LogP contribution >= 0.6 is 0 Å². The van der Waals surface area contributed by atoms with Crippen LogP contribution in [0.3, 0.4) is 0 Å². The molecule has 17 heavy (non-hydrogen) atoms. The molecule has 2 fully saturated rings. The predicted molar refractivity (Wildman–Crippen MR) is 68.7 cm³/mol. The van der Waals surface area contributed by atoms with Crippen molar-refractivity contribution in [1.82, 2.24) is 9.80 Å². The third-order valence-electron chi connectivity index (χ3n) is 4.28. The number of nitrogens with two attached hydrogens (primary N) is 1. The topological polar surface area (TPSA) is 49.6 Å². The van der Waals surface area contributed by atoms with Gasteiger partial charge in [-0.15, -0.1) is 0 Å². The molecule has 2 rings (SSSR count). The van der Waals surface area contributed by atoms with E-state index in [1.807, 2.05) is 11.9 Å². The van der Waals surface area contributed by atoms with Crippen molar-refractivity contribution in [2.24, 2.45) is 5.73 Å². The summed E-state index contributed by atoms with van der Waals surface area (Å²) in [6, 6.07) is 0.645. The van der Waals surface area contributed by atoms with Gasteiger partial charge in [-0.3, -0.25) is 4.79 Å². The van der Waals surface area contributed by atoms with Crippen molar-refractivity contribution in [2.45, 2.75) is 50.1 Å². The fourth-order valence-corrected chi connectivity index (χ4v) is 2.68. The molecule has 0 spiro atoms. The van der Waals surface area contributed by atoms with Gasteiger partial charge in [0.05, 0.1) is 5.54 Å². The minimum Gasteiger partial charge on any atom is -0.344 e. The second-order valence-corrected chi connectivity index (χ2v) is 5.80. The zero-order chi connectivity index (χ0) is 12.5. The van der Waals surface area contributed by atoms with Crippen LogP contribution in [0.5, 0.6) is 0 Å². The smallest absolute Gasteiger partial charge is 0.242 e. The molecule has 1 heterocycles. The van der Waals surface area contributed by atoms with Crippen LogP contribution in [0.15, 0.2) is 0 Å². The summed E-state index contributed by atoms with van der Waals surface area (Å²) in [6.07, 6.45) is 6.71. The number of carbonyl (C=O) groups excluding carboxylic acids is 1. The van der Waals surface area contributed by atoms with E-state index < -0.39 is 5.54 Å². The van der Waals surface area contributed by atoms with Crippen molar-refractivity contribution in [3.8, 4) is 0 Å². The van der Waals surface area contributed by atoms with Crippen molar-refractivity contribution in [3.05, 3.63) is 0 Å². The first-order valence-corrected chi connectivity index (χ1v) is 6.78. The predicted octanol–water partition coefficient (Wildman–Crippen LogP) is 0.811. The normalized spacial score (nSPS) is 27.8. The van der Waals surface area contributed by atoms with Crippen LogP contribution in [0.25, 0.3) is 0 Å². The van der Waals surface area contributed by atoms with Crippen LogP contribution in [0.1, 0.15) is 38.5 Å². The van der Waals surface area contributed by atoms with Crippen LogP contribution in [0.4, 0.5) is 0 Å². The van der Waals surface area contributed by atoms with Gasteiger partial charge >= 0.3 is 0 Å². The first-order chi connectivity index (χ1) is 8.03. The van der Waals surface area contributed by atoms with Crippen LogP contribution < -0.4 is 5.73 Å². The molecule has 1 amide bonds. The van der Waals surface area contributed by atoms with Gasteiger partial charge in [0.1, 0.15) is 0 Å². The second kappa shape index (κ2) is 4.94. The molecule has 4 nitrogen and oxygen atoms in total. The zero-order valence-electron chi connectivity index (χ0n) is 11.1. The highest BCUT2D eigenvalue weighted by molar-refractivity contribution is 5.88. The van der Waals surface area contributed by atoms with Gasteiger partial charge in [0, 0.05) is 19.6 Å². The quantitative estimate of drug-likeness (QED) is 0.790. The molecular weight excluding hydrogens is 214 g/mol. The Balaban J connectivity index is 1.75. The van der Waals surface area contributed by atoms with E-state index in [1.54, 1.807) is 0 Å². The Morgan fingerprint density at radius 3 is 2.76 bits per heavy atom. The average molecular weight is 239 g/mol. The van der Waals surface area contributed by atoms with Gasteiger partial charge in [0.2, 0.25) is 5.91 Å². The van der Waals surface area contributed by atoms with Crippen LogP contribution in [0.2, 0.25) is 0 Å². The molecule has 0 aromatic rings. The lowest BCUT2D eigenvalue weighted by Gasteiger charge is -2.33. The van der Waals surface area contributed by atoms with E-state index in [9.17, 15) is 4.79 Å².